The van der Waals surface area contributed by atoms with Gasteiger partial charge in [-0.2, -0.15) is 0 Å². The summed E-state index contributed by atoms with van der Waals surface area (Å²) in [7, 11) is 0. The molecule has 0 amide bonds. The number of nitrogens with one attached hydrogen (secondary N) is 1. The Labute approximate surface area is 93.7 Å². The standard InChI is InChI=1S/C10H14ClN3O/c11-7-5-12-10(13-6-7)14-8-1-3-9(15)4-2-8/h5-6,8-9,15H,1-4H2,(H,12,13,14). The second kappa shape index (κ2) is 4.77. The zero-order valence-corrected chi connectivity index (χ0v) is 9.11. The van der Waals surface area contributed by atoms with E-state index in [1.165, 1.54) is 0 Å². The van der Waals surface area contributed by atoms with Gasteiger partial charge in [0.25, 0.3) is 0 Å². The number of rotatable bonds is 2. The third-order valence-corrected chi connectivity index (χ3v) is 2.85. The predicted octanol–water partition coefficient (Wildman–Crippen LogP) is 1.85. The van der Waals surface area contributed by atoms with E-state index in [4.69, 9.17) is 11.6 Å². The molecule has 0 spiro atoms. The Morgan fingerprint density at radius 3 is 2.40 bits per heavy atom. The molecule has 2 rings (SSSR count). The Morgan fingerprint density at radius 1 is 1.20 bits per heavy atom. The van der Waals surface area contributed by atoms with Gasteiger partial charge in [0.2, 0.25) is 5.95 Å². The normalized spacial score (nSPS) is 26.3. The maximum absolute atomic E-state index is 9.35. The Kier molecular flexibility index (Phi) is 3.38. The van der Waals surface area contributed by atoms with Gasteiger partial charge in [-0.05, 0) is 25.7 Å². The monoisotopic (exact) mass is 227 g/mol. The van der Waals surface area contributed by atoms with E-state index < -0.39 is 0 Å². The largest absolute Gasteiger partial charge is 0.393 e. The summed E-state index contributed by atoms with van der Waals surface area (Å²) < 4.78 is 0. The number of aliphatic hydroxyl groups is 1. The lowest BCUT2D eigenvalue weighted by Gasteiger charge is -2.25. The lowest BCUT2D eigenvalue weighted by Crippen LogP contribution is -2.28. The summed E-state index contributed by atoms with van der Waals surface area (Å²) in [6.45, 7) is 0. The summed E-state index contributed by atoms with van der Waals surface area (Å²) in [6.07, 6.45) is 6.66. The maximum Gasteiger partial charge on any atom is 0.222 e. The van der Waals surface area contributed by atoms with Crippen molar-refractivity contribution >= 4 is 17.5 Å². The molecular formula is C10H14ClN3O. The highest BCUT2D eigenvalue weighted by Gasteiger charge is 2.19. The van der Waals surface area contributed by atoms with Crippen LogP contribution in [0, 0.1) is 0 Å². The van der Waals surface area contributed by atoms with E-state index >= 15 is 0 Å². The summed E-state index contributed by atoms with van der Waals surface area (Å²) in [5.74, 6) is 0.612. The zero-order chi connectivity index (χ0) is 10.7. The van der Waals surface area contributed by atoms with E-state index in [1.807, 2.05) is 0 Å². The molecule has 0 aliphatic heterocycles. The molecule has 1 aliphatic rings. The molecule has 15 heavy (non-hydrogen) atoms. The average molecular weight is 228 g/mol. The quantitative estimate of drug-likeness (QED) is 0.810. The van der Waals surface area contributed by atoms with Gasteiger partial charge in [0, 0.05) is 6.04 Å². The van der Waals surface area contributed by atoms with E-state index in [-0.39, 0.29) is 6.10 Å². The fourth-order valence-electron chi connectivity index (χ4n) is 1.79. The van der Waals surface area contributed by atoms with Gasteiger partial charge in [0.1, 0.15) is 0 Å². The molecular weight excluding hydrogens is 214 g/mol. The van der Waals surface area contributed by atoms with E-state index in [0.29, 0.717) is 17.0 Å². The van der Waals surface area contributed by atoms with Crippen LogP contribution in [-0.4, -0.2) is 27.2 Å². The molecule has 1 aromatic rings. The molecule has 82 valence electrons. The molecule has 0 aromatic carbocycles. The van der Waals surface area contributed by atoms with Gasteiger partial charge in [-0.15, -0.1) is 0 Å². The minimum atomic E-state index is -0.130. The SMILES string of the molecule is OC1CCC(Nc2ncc(Cl)cn2)CC1. The van der Waals surface area contributed by atoms with Crippen LogP contribution in [0.4, 0.5) is 5.95 Å². The lowest BCUT2D eigenvalue weighted by atomic mass is 9.93. The molecule has 1 saturated carbocycles. The van der Waals surface area contributed by atoms with Crippen LogP contribution in [0.5, 0.6) is 0 Å². The van der Waals surface area contributed by atoms with E-state index in [1.54, 1.807) is 12.4 Å². The van der Waals surface area contributed by atoms with Crippen LogP contribution in [0.25, 0.3) is 0 Å². The third kappa shape index (κ3) is 3.04. The first kappa shape index (κ1) is 10.6. The highest BCUT2D eigenvalue weighted by Crippen LogP contribution is 2.20. The van der Waals surface area contributed by atoms with Crippen molar-refractivity contribution in [1.29, 1.82) is 0 Å². The maximum atomic E-state index is 9.35. The lowest BCUT2D eigenvalue weighted by molar-refractivity contribution is 0.126. The van der Waals surface area contributed by atoms with Crippen molar-refractivity contribution in [1.82, 2.24) is 9.97 Å². The molecule has 1 aromatic heterocycles. The molecule has 0 bridgehead atoms. The van der Waals surface area contributed by atoms with Crippen molar-refractivity contribution in [3.05, 3.63) is 17.4 Å². The molecule has 2 N–H and O–H groups in total. The molecule has 0 atom stereocenters. The Bertz CT molecular complexity index is 309. The van der Waals surface area contributed by atoms with Crippen molar-refractivity contribution in [2.24, 2.45) is 0 Å². The number of hydrogen-bond donors (Lipinski definition) is 2. The number of aromatic nitrogens is 2. The van der Waals surface area contributed by atoms with E-state index in [9.17, 15) is 5.11 Å². The van der Waals surface area contributed by atoms with Crippen molar-refractivity contribution in [2.75, 3.05) is 5.32 Å². The molecule has 0 saturated heterocycles. The topological polar surface area (TPSA) is 58.0 Å². The first-order valence-corrected chi connectivity index (χ1v) is 5.54. The molecule has 1 heterocycles. The summed E-state index contributed by atoms with van der Waals surface area (Å²) in [5.41, 5.74) is 0. The van der Waals surface area contributed by atoms with Crippen molar-refractivity contribution in [3.8, 4) is 0 Å². The Hall–Kier alpha value is -0.870. The summed E-state index contributed by atoms with van der Waals surface area (Å²) in [4.78, 5) is 8.15. The van der Waals surface area contributed by atoms with Crippen LogP contribution in [0.1, 0.15) is 25.7 Å². The summed E-state index contributed by atoms with van der Waals surface area (Å²) >= 11 is 5.69. The molecule has 4 nitrogen and oxygen atoms in total. The highest BCUT2D eigenvalue weighted by molar-refractivity contribution is 6.30. The third-order valence-electron chi connectivity index (χ3n) is 2.65. The van der Waals surface area contributed by atoms with E-state index in [2.05, 4.69) is 15.3 Å². The van der Waals surface area contributed by atoms with Crippen molar-refractivity contribution in [3.63, 3.8) is 0 Å². The van der Waals surface area contributed by atoms with Gasteiger partial charge < -0.3 is 10.4 Å². The van der Waals surface area contributed by atoms with Crippen LogP contribution in [0.15, 0.2) is 12.4 Å². The van der Waals surface area contributed by atoms with E-state index in [0.717, 1.165) is 25.7 Å². The number of anilines is 1. The van der Waals surface area contributed by atoms with Crippen LogP contribution in [-0.2, 0) is 0 Å². The van der Waals surface area contributed by atoms with Gasteiger partial charge in [0.05, 0.1) is 23.5 Å². The van der Waals surface area contributed by atoms with Gasteiger partial charge in [-0.3, -0.25) is 0 Å². The van der Waals surface area contributed by atoms with Crippen LogP contribution < -0.4 is 5.32 Å². The fraction of sp³-hybridized carbons (Fsp3) is 0.600. The van der Waals surface area contributed by atoms with Crippen LogP contribution in [0.2, 0.25) is 5.02 Å². The molecule has 0 unspecified atom stereocenters. The predicted molar refractivity (Wildman–Crippen MR) is 58.9 cm³/mol. The minimum Gasteiger partial charge on any atom is -0.393 e. The number of aliphatic hydroxyl groups excluding tert-OH is 1. The fourth-order valence-corrected chi connectivity index (χ4v) is 1.89. The van der Waals surface area contributed by atoms with Crippen molar-refractivity contribution in [2.45, 2.75) is 37.8 Å². The second-order valence-corrected chi connectivity index (χ2v) is 4.31. The minimum absolute atomic E-state index is 0.130. The number of hydrogen-bond acceptors (Lipinski definition) is 4. The Balaban J connectivity index is 1.89. The first-order valence-electron chi connectivity index (χ1n) is 5.16. The Morgan fingerprint density at radius 2 is 1.80 bits per heavy atom. The number of nitrogens with zero attached hydrogens (tertiary/aromatic N) is 2. The number of halogens is 1. The van der Waals surface area contributed by atoms with Crippen molar-refractivity contribution < 1.29 is 5.11 Å². The van der Waals surface area contributed by atoms with Crippen LogP contribution in [0.3, 0.4) is 0 Å². The van der Waals surface area contributed by atoms with Crippen LogP contribution >= 0.6 is 11.6 Å². The average Bonchev–Trinajstić information content (AvgIpc) is 2.25. The zero-order valence-electron chi connectivity index (χ0n) is 8.36. The smallest absolute Gasteiger partial charge is 0.222 e. The molecule has 1 fully saturated rings. The van der Waals surface area contributed by atoms with Gasteiger partial charge in [-0.25, -0.2) is 9.97 Å². The molecule has 5 heteroatoms. The first-order chi connectivity index (χ1) is 7.24. The van der Waals surface area contributed by atoms with Gasteiger partial charge in [-0.1, -0.05) is 11.6 Å². The molecule has 1 aliphatic carbocycles. The second-order valence-electron chi connectivity index (χ2n) is 3.87. The van der Waals surface area contributed by atoms with Gasteiger partial charge >= 0.3 is 0 Å². The highest BCUT2D eigenvalue weighted by atomic mass is 35.5. The summed E-state index contributed by atoms with van der Waals surface area (Å²) in [6, 6.07) is 0.370. The summed E-state index contributed by atoms with van der Waals surface area (Å²) in [5, 5.41) is 13.1. The molecule has 0 radical (unpaired) electrons. The van der Waals surface area contributed by atoms with Gasteiger partial charge in [0.15, 0.2) is 0 Å².